The summed E-state index contributed by atoms with van der Waals surface area (Å²) in [6.07, 6.45) is 0. The Hall–Kier alpha value is -4.00. The molecule has 6 nitrogen and oxygen atoms in total. The molecular weight excluding hydrogens is 547 g/mol. The van der Waals surface area contributed by atoms with Crippen molar-refractivity contribution in [2.75, 3.05) is 11.9 Å². The predicted octanol–water partition coefficient (Wildman–Crippen LogP) is 9.42. The standard InChI is InChI=1S/C32H28Cl2N2O4/c1-4-38-32(37)21-9-5-10-22(16-21)35-28-13-6-8-20-17-23(14-15-24(20)28)39-18-25-30(36-40-31(25)19(2)3)29-26(33)11-7-12-27(29)34/h5-17,19,35H,4,18H2,1-3H3. The van der Waals surface area contributed by atoms with Crippen molar-refractivity contribution < 1.29 is 18.8 Å². The van der Waals surface area contributed by atoms with E-state index in [4.69, 9.17) is 37.2 Å². The maximum absolute atomic E-state index is 12.2. The summed E-state index contributed by atoms with van der Waals surface area (Å²) >= 11 is 13.0. The summed E-state index contributed by atoms with van der Waals surface area (Å²) < 4.78 is 17.1. The topological polar surface area (TPSA) is 73.6 Å². The van der Waals surface area contributed by atoms with Gasteiger partial charge in [0.1, 0.15) is 23.8 Å². The zero-order chi connectivity index (χ0) is 28.2. The van der Waals surface area contributed by atoms with E-state index in [9.17, 15) is 4.79 Å². The first kappa shape index (κ1) is 27.6. The smallest absolute Gasteiger partial charge is 0.338 e. The Labute approximate surface area is 242 Å². The van der Waals surface area contributed by atoms with Gasteiger partial charge in [-0.05, 0) is 66.9 Å². The molecule has 0 unspecified atom stereocenters. The number of halogens is 2. The number of nitrogens with zero attached hydrogens (tertiary/aromatic N) is 1. The van der Waals surface area contributed by atoms with Crippen LogP contribution in [0.2, 0.25) is 10.0 Å². The van der Waals surface area contributed by atoms with E-state index in [2.05, 4.69) is 10.5 Å². The number of carbonyl (C=O) groups is 1. The normalized spacial score (nSPS) is 11.2. The number of hydrogen-bond donors (Lipinski definition) is 1. The Morgan fingerprint density at radius 2 is 1.73 bits per heavy atom. The Morgan fingerprint density at radius 3 is 2.48 bits per heavy atom. The van der Waals surface area contributed by atoms with E-state index >= 15 is 0 Å². The van der Waals surface area contributed by atoms with E-state index in [1.54, 1.807) is 37.3 Å². The SMILES string of the molecule is CCOC(=O)c1cccc(Nc2cccc3cc(OCc4c(-c5c(Cl)cccc5Cl)noc4C(C)C)ccc23)c1. The van der Waals surface area contributed by atoms with Gasteiger partial charge >= 0.3 is 5.97 Å². The van der Waals surface area contributed by atoms with Gasteiger partial charge in [0.15, 0.2) is 0 Å². The van der Waals surface area contributed by atoms with E-state index in [-0.39, 0.29) is 18.5 Å². The van der Waals surface area contributed by atoms with E-state index in [0.717, 1.165) is 33.5 Å². The molecule has 5 rings (SSSR count). The third-order valence-corrected chi connectivity index (χ3v) is 7.06. The summed E-state index contributed by atoms with van der Waals surface area (Å²) in [5, 5.41) is 10.7. The largest absolute Gasteiger partial charge is 0.489 e. The van der Waals surface area contributed by atoms with Crippen LogP contribution in [0.4, 0.5) is 11.4 Å². The maximum atomic E-state index is 12.2. The lowest BCUT2D eigenvalue weighted by Crippen LogP contribution is -2.05. The van der Waals surface area contributed by atoms with E-state index in [1.165, 1.54) is 0 Å². The van der Waals surface area contributed by atoms with Crippen LogP contribution >= 0.6 is 23.2 Å². The lowest BCUT2D eigenvalue weighted by molar-refractivity contribution is 0.0526. The predicted molar refractivity (Wildman–Crippen MR) is 160 cm³/mol. The van der Waals surface area contributed by atoms with Crippen LogP contribution < -0.4 is 10.1 Å². The van der Waals surface area contributed by atoms with Gasteiger partial charge in [-0.25, -0.2) is 4.79 Å². The van der Waals surface area contributed by atoms with Crippen molar-refractivity contribution in [2.45, 2.75) is 33.3 Å². The second-order valence-corrected chi connectivity index (χ2v) is 10.3. The van der Waals surface area contributed by atoms with Gasteiger partial charge in [-0.1, -0.05) is 66.5 Å². The first-order valence-corrected chi connectivity index (χ1v) is 13.7. The Morgan fingerprint density at radius 1 is 0.975 bits per heavy atom. The maximum Gasteiger partial charge on any atom is 0.338 e. The van der Waals surface area contributed by atoms with Crippen molar-refractivity contribution in [3.05, 3.63) is 106 Å². The molecule has 0 fully saturated rings. The molecule has 5 aromatic rings. The minimum atomic E-state index is -0.348. The van der Waals surface area contributed by atoms with Crippen molar-refractivity contribution in [1.29, 1.82) is 0 Å². The van der Waals surface area contributed by atoms with Gasteiger partial charge in [0.25, 0.3) is 0 Å². The highest BCUT2D eigenvalue weighted by Crippen LogP contribution is 2.39. The Bertz CT molecular complexity index is 1660. The molecule has 40 heavy (non-hydrogen) atoms. The van der Waals surface area contributed by atoms with E-state index in [0.29, 0.717) is 39.2 Å². The van der Waals surface area contributed by atoms with Crippen LogP contribution in [0.25, 0.3) is 22.0 Å². The molecule has 0 bridgehead atoms. The third-order valence-electron chi connectivity index (χ3n) is 6.43. The number of benzene rings is 4. The van der Waals surface area contributed by atoms with Crippen molar-refractivity contribution in [3.8, 4) is 17.0 Å². The second-order valence-electron chi connectivity index (χ2n) is 9.53. The van der Waals surface area contributed by atoms with E-state index < -0.39 is 0 Å². The summed E-state index contributed by atoms with van der Waals surface area (Å²) in [7, 11) is 0. The average Bonchev–Trinajstić information content (AvgIpc) is 3.36. The molecule has 1 aromatic heterocycles. The highest BCUT2D eigenvalue weighted by molar-refractivity contribution is 6.39. The van der Waals surface area contributed by atoms with Crippen molar-refractivity contribution >= 4 is 51.3 Å². The highest BCUT2D eigenvalue weighted by Gasteiger charge is 2.24. The first-order chi connectivity index (χ1) is 19.4. The molecule has 0 spiro atoms. The van der Waals surface area contributed by atoms with Gasteiger partial charge in [-0.15, -0.1) is 0 Å². The lowest BCUT2D eigenvalue weighted by atomic mass is 10.0. The minimum Gasteiger partial charge on any atom is -0.489 e. The number of rotatable bonds is 9. The number of carbonyl (C=O) groups excluding carboxylic acids is 1. The summed E-state index contributed by atoms with van der Waals surface area (Å²) in [5.74, 6) is 1.16. The molecule has 0 saturated carbocycles. The highest BCUT2D eigenvalue weighted by atomic mass is 35.5. The number of hydrogen-bond acceptors (Lipinski definition) is 6. The molecule has 0 aliphatic rings. The third kappa shape index (κ3) is 5.79. The monoisotopic (exact) mass is 574 g/mol. The van der Waals surface area contributed by atoms with Crippen LogP contribution in [0, 0.1) is 0 Å². The van der Waals surface area contributed by atoms with Gasteiger partial charge in [-0.3, -0.25) is 0 Å². The number of nitrogens with one attached hydrogen (secondary N) is 1. The minimum absolute atomic E-state index is 0.0914. The van der Waals surface area contributed by atoms with Crippen LogP contribution in [-0.4, -0.2) is 17.7 Å². The van der Waals surface area contributed by atoms with Gasteiger partial charge in [0, 0.05) is 28.2 Å². The van der Waals surface area contributed by atoms with Crippen LogP contribution in [0.1, 0.15) is 48.4 Å². The fourth-order valence-electron chi connectivity index (χ4n) is 4.55. The molecule has 0 aliphatic carbocycles. The molecule has 0 aliphatic heterocycles. The molecule has 0 atom stereocenters. The fraction of sp³-hybridized carbons (Fsp3) is 0.188. The zero-order valence-corrected chi connectivity index (χ0v) is 23.8. The van der Waals surface area contributed by atoms with Crippen LogP contribution in [0.5, 0.6) is 5.75 Å². The number of fused-ring (bicyclic) bond motifs is 1. The lowest BCUT2D eigenvalue weighted by Gasteiger charge is -2.13. The van der Waals surface area contributed by atoms with Crippen LogP contribution in [0.15, 0.2) is 83.4 Å². The Kier molecular flexibility index (Phi) is 8.29. The number of anilines is 2. The molecule has 1 N–H and O–H groups in total. The molecule has 4 aromatic carbocycles. The summed E-state index contributed by atoms with van der Waals surface area (Å²) in [5.41, 5.74) is 4.20. The quantitative estimate of drug-likeness (QED) is 0.177. The van der Waals surface area contributed by atoms with Crippen LogP contribution in [0.3, 0.4) is 0 Å². The molecule has 204 valence electrons. The van der Waals surface area contributed by atoms with Crippen molar-refractivity contribution in [2.24, 2.45) is 0 Å². The Balaban J connectivity index is 1.40. The van der Waals surface area contributed by atoms with Gasteiger partial charge < -0.3 is 19.3 Å². The molecular formula is C32H28Cl2N2O4. The molecule has 0 saturated heterocycles. The second kappa shape index (κ2) is 12.0. The molecule has 0 amide bonds. The van der Waals surface area contributed by atoms with Gasteiger partial charge in [0.2, 0.25) is 0 Å². The van der Waals surface area contributed by atoms with E-state index in [1.807, 2.05) is 62.4 Å². The first-order valence-electron chi connectivity index (χ1n) is 13.0. The summed E-state index contributed by atoms with van der Waals surface area (Å²) in [6, 6.07) is 24.5. The number of aromatic nitrogens is 1. The molecule has 8 heteroatoms. The average molecular weight is 575 g/mol. The summed E-state index contributed by atoms with van der Waals surface area (Å²) in [6.45, 7) is 6.42. The summed E-state index contributed by atoms with van der Waals surface area (Å²) in [4.78, 5) is 12.2. The fourth-order valence-corrected chi connectivity index (χ4v) is 5.12. The van der Waals surface area contributed by atoms with Crippen LogP contribution in [-0.2, 0) is 11.3 Å². The van der Waals surface area contributed by atoms with Crippen molar-refractivity contribution in [3.63, 3.8) is 0 Å². The molecule has 0 radical (unpaired) electrons. The zero-order valence-electron chi connectivity index (χ0n) is 22.3. The number of esters is 1. The van der Waals surface area contributed by atoms with Gasteiger partial charge in [0.05, 0.1) is 27.8 Å². The molecule has 1 heterocycles. The van der Waals surface area contributed by atoms with Gasteiger partial charge in [-0.2, -0.15) is 0 Å². The number of ether oxygens (including phenoxy) is 2. The van der Waals surface area contributed by atoms with Crippen molar-refractivity contribution in [1.82, 2.24) is 5.16 Å².